The van der Waals surface area contributed by atoms with Gasteiger partial charge in [0.1, 0.15) is 0 Å². The van der Waals surface area contributed by atoms with Gasteiger partial charge in [0.2, 0.25) is 11.7 Å². The van der Waals surface area contributed by atoms with Crippen LogP contribution in [0.25, 0.3) is 0 Å². The van der Waals surface area contributed by atoms with Gasteiger partial charge < -0.3 is 18.9 Å². The fourth-order valence-electron chi connectivity index (χ4n) is 5.95. The molecule has 0 heterocycles. The largest absolute Gasteiger partial charge is 0.449 e. The molecule has 0 fully saturated rings. The number of carbonyl (C=O) groups is 4. The van der Waals surface area contributed by atoms with Gasteiger partial charge in [-0.25, -0.2) is 19.2 Å². The second-order valence-corrected chi connectivity index (χ2v) is 14.6. The minimum atomic E-state index is -1.98. The third-order valence-electron chi connectivity index (χ3n) is 9.48. The van der Waals surface area contributed by atoms with Gasteiger partial charge in [0.05, 0.1) is 26.4 Å². The lowest BCUT2D eigenvalue weighted by Crippen LogP contribution is -2.72. The van der Waals surface area contributed by atoms with E-state index in [0.717, 1.165) is 103 Å². The van der Waals surface area contributed by atoms with Crippen LogP contribution in [0.4, 0.5) is 19.2 Å². The van der Waals surface area contributed by atoms with Gasteiger partial charge in [-0.1, -0.05) is 170 Å². The molecule has 0 spiro atoms. The molecule has 0 aromatic carbocycles. The lowest BCUT2D eigenvalue weighted by molar-refractivity contribution is -0.205. The molecule has 0 aliphatic rings. The van der Waals surface area contributed by atoms with Crippen LogP contribution in [0, 0.1) is 0 Å². The molecule has 0 saturated heterocycles. The van der Waals surface area contributed by atoms with Gasteiger partial charge in [-0.05, 0) is 25.7 Å². The van der Waals surface area contributed by atoms with Crippen molar-refractivity contribution in [3.8, 4) is 0 Å². The number of carbonyl (C=O) groups excluding carboxylic acids is 4. The van der Waals surface area contributed by atoms with E-state index in [1.807, 2.05) is 0 Å². The summed E-state index contributed by atoms with van der Waals surface area (Å²) >= 11 is 0. The third-order valence-corrected chi connectivity index (χ3v) is 9.48. The molecule has 4 N–H and O–H groups in total. The van der Waals surface area contributed by atoms with Crippen molar-refractivity contribution in [1.82, 2.24) is 21.3 Å². The van der Waals surface area contributed by atoms with E-state index in [9.17, 15) is 19.2 Å². The van der Waals surface area contributed by atoms with Crippen molar-refractivity contribution in [3.05, 3.63) is 0 Å². The summed E-state index contributed by atoms with van der Waals surface area (Å²) in [5.41, 5.74) is 0. The molecule has 0 atom stereocenters. The Balaban J connectivity index is 6.03. The van der Waals surface area contributed by atoms with Crippen LogP contribution in [0.2, 0.25) is 0 Å². The Morgan fingerprint density at radius 1 is 0.327 bits per heavy atom. The molecule has 0 aromatic heterocycles. The first-order chi connectivity index (χ1) is 26.6. The first kappa shape index (κ1) is 52.0. The maximum atomic E-state index is 13.2. The van der Waals surface area contributed by atoms with Crippen LogP contribution in [-0.4, -0.2) is 62.5 Å². The average Bonchev–Trinajstić information content (AvgIpc) is 3.16. The van der Waals surface area contributed by atoms with Gasteiger partial charge in [0, 0.05) is 12.8 Å². The summed E-state index contributed by atoms with van der Waals surface area (Å²) in [4.78, 5) is 53.0. The quantitative estimate of drug-likeness (QED) is 0.0275. The normalized spacial score (nSPS) is 11.5. The van der Waals surface area contributed by atoms with E-state index in [-0.39, 0.29) is 39.3 Å². The van der Waals surface area contributed by atoms with Crippen LogP contribution in [0.1, 0.15) is 208 Å². The van der Waals surface area contributed by atoms with Gasteiger partial charge in [0.15, 0.2) is 0 Å². The van der Waals surface area contributed by atoms with Crippen LogP contribution in [0.5, 0.6) is 0 Å². The van der Waals surface area contributed by atoms with Crippen LogP contribution in [0.15, 0.2) is 0 Å². The van der Waals surface area contributed by atoms with Crippen molar-refractivity contribution in [1.29, 1.82) is 0 Å². The molecular weight excluding hydrogens is 704 g/mol. The minimum absolute atomic E-state index is 0.0318. The fourth-order valence-corrected chi connectivity index (χ4v) is 5.95. The van der Waals surface area contributed by atoms with Crippen molar-refractivity contribution in [2.45, 2.75) is 220 Å². The molecule has 13 heteroatoms. The second kappa shape index (κ2) is 35.5. The van der Waals surface area contributed by atoms with Crippen LogP contribution in [0.3, 0.4) is 0 Å². The first-order valence-corrected chi connectivity index (χ1v) is 22.1. The first-order valence-electron chi connectivity index (χ1n) is 22.1. The Bertz CT molecular complexity index is 831. The Morgan fingerprint density at radius 3 is 0.727 bits per heavy atom. The number of amides is 4. The molecule has 0 aliphatic heterocycles. The second-order valence-electron chi connectivity index (χ2n) is 14.6. The van der Waals surface area contributed by atoms with Crippen molar-refractivity contribution >= 4 is 24.4 Å². The van der Waals surface area contributed by atoms with E-state index in [0.29, 0.717) is 25.7 Å². The van der Waals surface area contributed by atoms with Crippen molar-refractivity contribution in [2.24, 2.45) is 0 Å². The van der Waals surface area contributed by atoms with E-state index in [1.54, 1.807) is 13.8 Å². The Labute approximate surface area is 334 Å². The fraction of sp³-hybridized carbons (Fsp3) is 0.905. The van der Waals surface area contributed by atoms with E-state index in [1.165, 1.54) is 25.7 Å². The monoisotopic (exact) mass is 787 g/mol. The molecular formula is C42H82N4O9. The smallest absolute Gasteiger partial charge is 0.410 e. The molecule has 55 heavy (non-hydrogen) atoms. The molecule has 0 aromatic rings. The minimum Gasteiger partial charge on any atom is -0.449 e. The summed E-state index contributed by atoms with van der Waals surface area (Å²) in [5, 5.41) is 10.6. The number of hydrogen-bond acceptors (Lipinski definition) is 9. The van der Waals surface area contributed by atoms with Gasteiger partial charge in [-0.15, -0.1) is 0 Å². The van der Waals surface area contributed by atoms with Crippen LogP contribution in [-0.2, 0) is 23.7 Å². The number of rotatable bonds is 36. The van der Waals surface area contributed by atoms with Gasteiger partial charge >= 0.3 is 24.4 Å². The SMILES string of the molecule is CCCCCCCCOC(=O)NC(CC)(NC(=O)OCCCCCCCC)OC(CC)(NC(=O)OCCCCCCCC)NC(=O)OCCCCCCCC. The summed E-state index contributed by atoms with van der Waals surface area (Å²) in [6, 6.07) is 0. The number of ether oxygens (including phenoxy) is 5. The van der Waals surface area contributed by atoms with Gasteiger partial charge in [0.25, 0.3) is 0 Å². The highest BCUT2D eigenvalue weighted by Gasteiger charge is 2.46. The summed E-state index contributed by atoms with van der Waals surface area (Å²) in [5.74, 6) is -3.96. The number of unbranched alkanes of at least 4 members (excludes halogenated alkanes) is 20. The van der Waals surface area contributed by atoms with Crippen molar-refractivity contribution < 1.29 is 42.9 Å². The van der Waals surface area contributed by atoms with Gasteiger partial charge in [-0.3, -0.25) is 26.0 Å². The lowest BCUT2D eigenvalue weighted by atomic mass is 10.1. The molecule has 324 valence electrons. The van der Waals surface area contributed by atoms with Crippen LogP contribution >= 0.6 is 0 Å². The van der Waals surface area contributed by atoms with E-state index >= 15 is 0 Å². The number of alkyl carbamates (subject to hydrolysis) is 4. The highest BCUT2D eigenvalue weighted by Crippen LogP contribution is 2.22. The maximum Gasteiger partial charge on any atom is 0.410 e. The molecule has 0 rings (SSSR count). The zero-order chi connectivity index (χ0) is 40.9. The Hall–Kier alpha value is -2.96. The standard InChI is InChI=1S/C42H82N4O9/c1-7-13-17-21-25-29-33-51-37(47)43-41(11-5,44-38(48)52-34-30-26-22-18-14-8-2)55-42(12-6,45-39(49)53-35-31-27-23-19-15-9-3)46-40(50)54-36-32-28-24-20-16-10-4/h7-36H2,1-6H3,(H,43,47)(H,44,48)(H,45,49)(H,46,50). The van der Waals surface area contributed by atoms with E-state index in [4.69, 9.17) is 23.7 Å². The molecule has 0 bridgehead atoms. The topological polar surface area (TPSA) is 163 Å². The molecule has 0 aliphatic carbocycles. The summed E-state index contributed by atoms with van der Waals surface area (Å²) in [6.45, 7) is 12.7. The third kappa shape index (κ3) is 29.0. The van der Waals surface area contributed by atoms with Crippen molar-refractivity contribution in [3.63, 3.8) is 0 Å². The van der Waals surface area contributed by atoms with Gasteiger partial charge in [-0.2, -0.15) is 0 Å². The Kier molecular flexibility index (Phi) is 33.5. The maximum absolute atomic E-state index is 13.2. The predicted octanol–water partition coefficient (Wildman–Crippen LogP) is 11.5. The summed E-state index contributed by atoms with van der Waals surface area (Å²) in [7, 11) is 0. The van der Waals surface area contributed by atoms with Crippen molar-refractivity contribution in [2.75, 3.05) is 26.4 Å². The molecule has 0 radical (unpaired) electrons. The molecule has 13 nitrogen and oxygen atoms in total. The van der Waals surface area contributed by atoms with E-state index in [2.05, 4.69) is 49.0 Å². The zero-order valence-corrected chi connectivity index (χ0v) is 35.9. The highest BCUT2D eigenvalue weighted by atomic mass is 16.6. The molecule has 0 unspecified atom stereocenters. The molecule has 4 amide bonds. The highest BCUT2D eigenvalue weighted by molar-refractivity contribution is 5.73. The van der Waals surface area contributed by atoms with E-state index < -0.39 is 36.1 Å². The number of nitrogens with one attached hydrogen (secondary N) is 4. The summed E-state index contributed by atoms with van der Waals surface area (Å²) < 4.78 is 28.4. The average molecular weight is 787 g/mol. The predicted molar refractivity (Wildman–Crippen MR) is 219 cm³/mol. The zero-order valence-electron chi connectivity index (χ0n) is 35.9. The van der Waals surface area contributed by atoms with Crippen LogP contribution < -0.4 is 21.3 Å². The Morgan fingerprint density at radius 2 is 0.527 bits per heavy atom. The molecule has 0 saturated carbocycles. The number of hydrogen-bond donors (Lipinski definition) is 4. The summed E-state index contributed by atoms with van der Waals surface area (Å²) in [6.07, 6.45) is 20.9. The lowest BCUT2D eigenvalue weighted by Gasteiger charge is -2.43.